The van der Waals surface area contributed by atoms with Crippen LogP contribution in [0.3, 0.4) is 0 Å². The van der Waals surface area contributed by atoms with Crippen molar-refractivity contribution in [2.75, 3.05) is 11.9 Å². The third-order valence-electron chi connectivity index (χ3n) is 3.77. The summed E-state index contributed by atoms with van der Waals surface area (Å²) in [7, 11) is 2.14. The van der Waals surface area contributed by atoms with Crippen LogP contribution in [0, 0.1) is 6.92 Å². The molecule has 0 aliphatic carbocycles. The third kappa shape index (κ3) is 3.84. The van der Waals surface area contributed by atoms with Gasteiger partial charge in [-0.25, -0.2) is 0 Å². The van der Waals surface area contributed by atoms with E-state index in [-0.39, 0.29) is 6.04 Å². The van der Waals surface area contributed by atoms with Gasteiger partial charge in [-0.2, -0.15) is 11.3 Å². The predicted molar refractivity (Wildman–Crippen MR) is 89.6 cm³/mol. The standard InChI is InChI=1S/C17H24N2S/c1-4-16(18)10-15-5-6-17(9-13(15)2)19(3)11-14-7-8-20-12-14/h5-9,12,16H,4,10-11,18H2,1-3H3. The Hall–Kier alpha value is -1.32. The molecule has 20 heavy (non-hydrogen) atoms. The van der Waals surface area contributed by atoms with Gasteiger partial charge in [0.2, 0.25) is 0 Å². The summed E-state index contributed by atoms with van der Waals surface area (Å²) in [5, 5.41) is 4.33. The van der Waals surface area contributed by atoms with E-state index in [0.717, 1.165) is 19.4 Å². The summed E-state index contributed by atoms with van der Waals surface area (Å²) in [4.78, 5) is 2.29. The number of nitrogens with two attached hydrogens (primary N) is 1. The fourth-order valence-electron chi connectivity index (χ4n) is 2.32. The monoisotopic (exact) mass is 288 g/mol. The van der Waals surface area contributed by atoms with Gasteiger partial charge in [-0.15, -0.1) is 0 Å². The van der Waals surface area contributed by atoms with Crippen molar-refractivity contribution in [1.29, 1.82) is 0 Å². The van der Waals surface area contributed by atoms with E-state index in [1.54, 1.807) is 11.3 Å². The number of hydrogen-bond acceptors (Lipinski definition) is 3. The molecule has 0 saturated heterocycles. The van der Waals surface area contributed by atoms with Crippen molar-refractivity contribution < 1.29 is 0 Å². The summed E-state index contributed by atoms with van der Waals surface area (Å²) in [6, 6.07) is 9.15. The number of thiophene rings is 1. The fourth-order valence-corrected chi connectivity index (χ4v) is 2.98. The molecule has 1 atom stereocenters. The SMILES string of the molecule is CCC(N)Cc1ccc(N(C)Cc2ccsc2)cc1C. The second-order valence-corrected chi connectivity index (χ2v) is 6.25. The van der Waals surface area contributed by atoms with Gasteiger partial charge in [0.05, 0.1) is 0 Å². The van der Waals surface area contributed by atoms with Crippen LogP contribution >= 0.6 is 11.3 Å². The van der Waals surface area contributed by atoms with Crippen molar-refractivity contribution in [3.63, 3.8) is 0 Å². The minimum Gasteiger partial charge on any atom is -0.370 e. The van der Waals surface area contributed by atoms with Gasteiger partial charge >= 0.3 is 0 Å². The molecule has 2 aromatic rings. The van der Waals surface area contributed by atoms with E-state index in [2.05, 4.69) is 60.8 Å². The molecular formula is C17H24N2S. The van der Waals surface area contributed by atoms with Crippen LogP contribution in [0.1, 0.15) is 30.0 Å². The highest BCUT2D eigenvalue weighted by Crippen LogP contribution is 2.21. The van der Waals surface area contributed by atoms with Crippen LogP contribution in [-0.2, 0) is 13.0 Å². The van der Waals surface area contributed by atoms with Gasteiger partial charge in [0.15, 0.2) is 0 Å². The van der Waals surface area contributed by atoms with Gasteiger partial charge in [-0.05, 0) is 65.4 Å². The molecule has 0 fully saturated rings. The van der Waals surface area contributed by atoms with Crippen molar-refractivity contribution in [2.45, 2.75) is 39.3 Å². The van der Waals surface area contributed by atoms with E-state index < -0.39 is 0 Å². The minimum absolute atomic E-state index is 0.267. The average molecular weight is 288 g/mol. The third-order valence-corrected chi connectivity index (χ3v) is 4.51. The Labute approximate surface area is 126 Å². The Morgan fingerprint density at radius 2 is 2.10 bits per heavy atom. The van der Waals surface area contributed by atoms with Crippen LogP contribution in [0.2, 0.25) is 0 Å². The summed E-state index contributed by atoms with van der Waals surface area (Å²) < 4.78 is 0. The molecule has 2 N–H and O–H groups in total. The smallest absolute Gasteiger partial charge is 0.0434 e. The summed E-state index contributed by atoms with van der Waals surface area (Å²) in [6.07, 6.45) is 2.00. The summed E-state index contributed by atoms with van der Waals surface area (Å²) in [5.74, 6) is 0. The zero-order chi connectivity index (χ0) is 14.5. The maximum Gasteiger partial charge on any atom is 0.0434 e. The molecule has 0 radical (unpaired) electrons. The highest BCUT2D eigenvalue weighted by atomic mass is 32.1. The van der Waals surface area contributed by atoms with E-state index in [4.69, 9.17) is 5.73 Å². The first-order chi connectivity index (χ1) is 9.60. The molecule has 0 saturated carbocycles. The van der Waals surface area contributed by atoms with Crippen molar-refractivity contribution in [1.82, 2.24) is 0 Å². The van der Waals surface area contributed by atoms with Gasteiger partial charge in [0, 0.05) is 25.3 Å². The normalized spacial score (nSPS) is 12.4. The van der Waals surface area contributed by atoms with Crippen LogP contribution in [0.4, 0.5) is 5.69 Å². The predicted octanol–water partition coefficient (Wildman–Crippen LogP) is 3.97. The second-order valence-electron chi connectivity index (χ2n) is 5.47. The van der Waals surface area contributed by atoms with Gasteiger partial charge in [-0.1, -0.05) is 13.0 Å². The highest BCUT2D eigenvalue weighted by molar-refractivity contribution is 7.07. The van der Waals surface area contributed by atoms with Gasteiger partial charge in [0.25, 0.3) is 0 Å². The van der Waals surface area contributed by atoms with Crippen LogP contribution in [0.25, 0.3) is 0 Å². The zero-order valence-electron chi connectivity index (χ0n) is 12.6. The molecule has 1 aromatic heterocycles. The van der Waals surface area contributed by atoms with Gasteiger partial charge < -0.3 is 10.6 Å². The average Bonchev–Trinajstić information content (AvgIpc) is 2.93. The Kier molecular flexibility index (Phi) is 5.21. The first-order valence-electron chi connectivity index (χ1n) is 7.17. The Morgan fingerprint density at radius 1 is 1.30 bits per heavy atom. The van der Waals surface area contributed by atoms with E-state index in [9.17, 15) is 0 Å². The number of aryl methyl sites for hydroxylation is 1. The molecule has 0 spiro atoms. The number of nitrogens with zero attached hydrogens (tertiary/aromatic N) is 1. The van der Waals surface area contributed by atoms with E-state index in [1.807, 2.05) is 0 Å². The fraction of sp³-hybridized carbons (Fsp3) is 0.412. The molecule has 1 aromatic carbocycles. The summed E-state index contributed by atoms with van der Waals surface area (Å²) >= 11 is 1.75. The van der Waals surface area contributed by atoms with Crippen LogP contribution in [0.15, 0.2) is 35.0 Å². The lowest BCUT2D eigenvalue weighted by Crippen LogP contribution is -2.22. The second kappa shape index (κ2) is 6.91. The van der Waals surface area contributed by atoms with E-state index in [1.165, 1.54) is 22.4 Å². The molecule has 1 unspecified atom stereocenters. The molecule has 3 heteroatoms. The highest BCUT2D eigenvalue weighted by Gasteiger charge is 2.08. The quantitative estimate of drug-likeness (QED) is 0.871. The Balaban J connectivity index is 2.08. The molecule has 1 heterocycles. The first kappa shape index (κ1) is 15.1. The lowest BCUT2D eigenvalue weighted by molar-refractivity contribution is 0.644. The van der Waals surface area contributed by atoms with Crippen molar-refractivity contribution in [3.05, 3.63) is 51.7 Å². The number of benzene rings is 1. The topological polar surface area (TPSA) is 29.3 Å². The zero-order valence-corrected chi connectivity index (χ0v) is 13.4. The summed E-state index contributed by atoms with van der Waals surface area (Å²) in [6.45, 7) is 5.28. The van der Waals surface area contributed by atoms with Crippen molar-refractivity contribution in [3.8, 4) is 0 Å². The molecule has 0 aliphatic rings. The van der Waals surface area contributed by atoms with Crippen molar-refractivity contribution >= 4 is 17.0 Å². The maximum atomic E-state index is 6.05. The lowest BCUT2D eigenvalue weighted by atomic mass is 9.99. The maximum absolute atomic E-state index is 6.05. The number of anilines is 1. The Morgan fingerprint density at radius 3 is 2.70 bits per heavy atom. The molecule has 0 bridgehead atoms. The lowest BCUT2D eigenvalue weighted by Gasteiger charge is -2.21. The van der Waals surface area contributed by atoms with Crippen LogP contribution < -0.4 is 10.6 Å². The van der Waals surface area contributed by atoms with Crippen LogP contribution in [0.5, 0.6) is 0 Å². The van der Waals surface area contributed by atoms with Gasteiger partial charge in [-0.3, -0.25) is 0 Å². The minimum atomic E-state index is 0.267. The van der Waals surface area contributed by atoms with E-state index in [0.29, 0.717) is 0 Å². The van der Waals surface area contributed by atoms with Crippen LogP contribution in [-0.4, -0.2) is 13.1 Å². The Bertz CT molecular complexity index is 534. The number of rotatable bonds is 6. The first-order valence-corrected chi connectivity index (χ1v) is 8.11. The molecule has 0 aliphatic heterocycles. The molecule has 2 rings (SSSR count). The van der Waals surface area contributed by atoms with E-state index >= 15 is 0 Å². The van der Waals surface area contributed by atoms with Crippen molar-refractivity contribution in [2.24, 2.45) is 5.73 Å². The van der Waals surface area contributed by atoms with Gasteiger partial charge in [0.1, 0.15) is 0 Å². The molecule has 2 nitrogen and oxygen atoms in total. The molecular weight excluding hydrogens is 264 g/mol. The number of hydrogen-bond donors (Lipinski definition) is 1. The molecule has 108 valence electrons. The largest absolute Gasteiger partial charge is 0.370 e. The summed E-state index contributed by atoms with van der Waals surface area (Å²) in [5.41, 5.74) is 11.4. The molecule has 0 amide bonds.